The summed E-state index contributed by atoms with van der Waals surface area (Å²) in [6, 6.07) is 12.0. The third-order valence-electron chi connectivity index (χ3n) is 4.35. The van der Waals surface area contributed by atoms with E-state index in [0.717, 1.165) is 17.9 Å². The summed E-state index contributed by atoms with van der Waals surface area (Å²) in [6.07, 6.45) is 1.44. The molecular formula is C21H24N4O3. The number of amides is 2. The lowest BCUT2D eigenvalue weighted by Gasteiger charge is -2.14. The minimum atomic E-state index is -0.333. The van der Waals surface area contributed by atoms with Crippen molar-refractivity contribution in [2.75, 3.05) is 11.9 Å². The standard InChI is InChI=1S/C21H24N4O3/c1-14(13-25-16(3)11-15(2)24-25)12-22-20(26)17-6-8-18(9-7-17)23-21(27)19-5-4-10-28-19/h4-11,14H,12-13H2,1-3H3,(H,22,26)(H,23,27)/t14-/m0/s1. The van der Waals surface area contributed by atoms with E-state index in [2.05, 4.69) is 22.7 Å². The fourth-order valence-electron chi connectivity index (χ4n) is 2.89. The number of hydrogen-bond acceptors (Lipinski definition) is 4. The molecule has 1 aromatic carbocycles. The zero-order valence-corrected chi connectivity index (χ0v) is 16.2. The number of carbonyl (C=O) groups is 2. The van der Waals surface area contributed by atoms with Gasteiger partial charge in [-0.25, -0.2) is 0 Å². The Hall–Kier alpha value is -3.35. The first-order chi connectivity index (χ1) is 13.4. The van der Waals surface area contributed by atoms with Gasteiger partial charge in [0.05, 0.1) is 12.0 Å². The number of carbonyl (C=O) groups excluding carboxylic acids is 2. The zero-order chi connectivity index (χ0) is 20.1. The van der Waals surface area contributed by atoms with Crippen LogP contribution < -0.4 is 10.6 Å². The van der Waals surface area contributed by atoms with Gasteiger partial charge in [0, 0.05) is 30.0 Å². The largest absolute Gasteiger partial charge is 0.459 e. The van der Waals surface area contributed by atoms with Crippen LogP contribution in [0.15, 0.2) is 53.1 Å². The fraction of sp³-hybridized carbons (Fsp3) is 0.286. The van der Waals surface area contributed by atoms with E-state index in [9.17, 15) is 9.59 Å². The summed E-state index contributed by atoms with van der Waals surface area (Å²) in [5, 5.41) is 10.1. The van der Waals surface area contributed by atoms with Gasteiger partial charge in [-0.2, -0.15) is 5.10 Å². The van der Waals surface area contributed by atoms with Crippen molar-refractivity contribution in [1.82, 2.24) is 15.1 Å². The van der Waals surface area contributed by atoms with E-state index >= 15 is 0 Å². The first-order valence-electron chi connectivity index (χ1n) is 9.16. The topological polar surface area (TPSA) is 89.2 Å². The van der Waals surface area contributed by atoms with Gasteiger partial charge >= 0.3 is 0 Å². The van der Waals surface area contributed by atoms with Gasteiger partial charge in [0.25, 0.3) is 11.8 Å². The average molecular weight is 380 g/mol. The van der Waals surface area contributed by atoms with Crippen molar-refractivity contribution in [2.24, 2.45) is 5.92 Å². The maximum absolute atomic E-state index is 12.4. The Labute approximate surface area is 163 Å². The van der Waals surface area contributed by atoms with Crippen LogP contribution in [0.4, 0.5) is 5.69 Å². The van der Waals surface area contributed by atoms with Crippen LogP contribution in [-0.4, -0.2) is 28.1 Å². The Kier molecular flexibility index (Phi) is 5.93. The number of hydrogen-bond donors (Lipinski definition) is 2. The molecule has 2 N–H and O–H groups in total. The third kappa shape index (κ3) is 4.88. The molecule has 0 aliphatic rings. The quantitative estimate of drug-likeness (QED) is 0.657. The molecule has 146 valence electrons. The number of anilines is 1. The minimum absolute atomic E-state index is 0.149. The summed E-state index contributed by atoms with van der Waals surface area (Å²) in [5.41, 5.74) is 3.24. The van der Waals surface area contributed by atoms with E-state index in [1.807, 2.05) is 24.6 Å². The SMILES string of the molecule is Cc1cc(C)n(C[C@@H](C)CNC(=O)c2ccc(NC(=O)c3ccco3)cc2)n1. The van der Waals surface area contributed by atoms with Gasteiger partial charge in [-0.1, -0.05) is 6.92 Å². The number of nitrogens with one attached hydrogen (secondary N) is 2. The highest BCUT2D eigenvalue weighted by atomic mass is 16.3. The van der Waals surface area contributed by atoms with Crippen LogP contribution in [0.25, 0.3) is 0 Å². The summed E-state index contributed by atoms with van der Waals surface area (Å²) < 4.78 is 7.01. The van der Waals surface area contributed by atoms with E-state index in [4.69, 9.17) is 4.42 Å². The van der Waals surface area contributed by atoms with Crippen LogP contribution in [0.1, 0.15) is 39.2 Å². The summed E-state index contributed by atoms with van der Waals surface area (Å²) in [5.74, 6) is -0.00321. The monoisotopic (exact) mass is 380 g/mol. The van der Waals surface area contributed by atoms with Gasteiger partial charge in [-0.15, -0.1) is 0 Å². The second-order valence-corrected chi connectivity index (χ2v) is 6.93. The second kappa shape index (κ2) is 8.56. The molecule has 0 aliphatic carbocycles. The number of nitrogens with zero attached hydrogens (tertiary/aromatic N) is 2. The molecule has 0 saturated heterocycles. The van der Waals surface area contributed by atoms with Gasteiger partial charge in [0.1, 0.15) is 0 Å². The maximum Gasteiger partial charge on any atom is 0.291 e. The Morgan fingerprint density at radius 2 is 1.89 bits per heavy atom. The van der Waals surface area contributed by atoms with Crippen LogP contribution in [0.2, 0.25) is 0 Å². The van der Waals surface area contributed by atoms with Crippen LogP contribution in [0.3, 0.4) is 0 Å². The molecule has 7 nitrogen and oxygen atoms in total. The van der Waals surface area contributed by atoms with Gasteiger partial charge in [0.2, 0.25) is 0 Å². The van der Waals surface area contributed by atoms with Gasteiger partial charge in [-0.3, -0.25) is 14.3 Å². The summed E-state index contributed by atoms with van der Waals surface area (Å²) in [4.78, 5) is 24.3. The third-order valence-corrected chi connectivity index (χ3v) is 4.35. The maximum atomic E-state index is 12.4. The molecule has 3 rings (SSSR count). The zero-order valence-electron chi connectivity index (χ0n) is 16.2. The molecule has 2 heterocycles. The molecule has 3 aromatic rings. The van der Waals surface area contributed by atoms with Gasteiger partial charge in [-0.05, 0) is 62.2 Å². The smallest absolute Gasteiger partial charge is 0.291 e. The molecule has 1 atom stereocenters. The Bertz CT molecular complexity index is 943. The van der Waals surface area contributed by atoms with E-state index in [-0.39, 0.29) is 23.5 Å². The number of aromatic nitrogens is 2. The first kappa shape index (κ1) is 19.4. The van der Waals surface area contributed by atoms with E-state index < -0.39 is 0 Å². The Morgan fingerprint density at radius 3 is 2.50 bits per heavy atom. The highest BCUT2D eigenvalue weighted by molar-refractivity contribution is 6.02. The molecule has 0 spiro atoms. The summed E-state index contributed by atoms with van der Waals surface area (Å²) in [7, 11) is 0. The lowest BCUT2D eigenvalue weighted by atomic mass is 10.1. The number of rotatable bonds is 7. The van der Waals surface area contributed by atoms with Crippen LogP contribution in [-0.2, 0) is 6.54 Å². The van der Waals surface area contributed by atoms with Crippen LogP contribution >= 0.6 is 0 Å². The molecule has 2 amide bonds. The fourth-order valence-corrected chi connectivity index (χ4v) is 2.89. The minimum Gasteiger partial charge on any atom is -0.459 e. The van der Waals surface area contributed by atoms with E-state index in [0.29, 0.717) is 17.8 Å². The molecule has 0 radical (unpaired) electrons. The molecule has 0 unspecified atom stereocenters. The number of benzene rings is 1. The molecular weight excluding hydrogens is 356 g/mol. The molecule has 0 saturated carbocycles. The van der Waals surface area contributed by atoms with Crippen molar-refractivity contribution in [1.29, 1.82) is 0 Å². The molecule has 28 heavy (non-hydrogen) atoms. The van der Waals surface area contributed by atoms with E-state index in [1.54, 1.807) is 36.4 Å². The lowest BCUT2D eigenvalue weighted by Crippen LogP contribution is -2.30. The normalized spacial score (nSPS) is 11.8. The van der Waals surface area contributed by atoms with Crippen molar-refractivity contribution in [3.8, 4) is 0 Å². The molecule has 0 fully saturated rings. The Morgan fingerprint density at radius 1 is 1.14 bits per heavy atom. The highest BCUT2D eigenvalue weighted by Gasteiger charge is 2.12. The predicted molar refractivity (Wildman–Crippen MR) is 106 cm³/mol. The number of furan rings is 1. The highest BCUT2D eigenvalue weighted by Crippen LogP contribution is 2.12. The van der Waals surface area contributed by atoms with Crippen molar-refractivity contribution < 1.29 is 14.0 Å². The summed E-state index contributed by atoms with van der Waals surface area (Å²) >= 11 is 0. The van der Waals surface area contributed by atoms with Gasteiger partial charge < -0.3 is 15.1 Å². The van der Waals surface area contributed by atoms with E-state index in [1.165, 1.54) is 6.26 Å². The predicted octanol–water partition coefficient (Wildman–Crippen LogP) is 3.41. The van der Waals surface area contributed by atoms with Crippen molar-refractivity contribution in [3.05, 3.63) is 71.4 Å². The van der Waals surface area contributed by atoms with Crippen LogP contribution in [0, 0.1) is 19.8 Å². The molecule has 7 heteroatoms. The second-order valence-electron chi connectivity index (χ2n) is 6.93. The first-order valence-corrected chi connectivity index (χ1v) is 9.16. The molecule has 0 bridgehead atoms. The van der Waals surface area contributed by atoms with Crippen LogP contribution in [0.5, 0.6) is 0 Å². The van der Waals surface area contributed by atoms with Crippen molar-refractivity contribution in [3.63, 3.8) is 0 Å². The molecule has 0 aliphatic heterocycles. The Balaban J connectivity index is 1.50. The van der Waals surface area contributed by atoms with Crippen molar-refractivity contribution in [2.45, 2.75) is 27.3 Å². The average Bonchev–Trinajstić information content (AvgIpc) is 3.30. The van der Waals surface area contributed by atoms with Gasteiger partial charge in [0.15, 0.2) is 5.76 Å². The number of aryl methyl sites for hydroxylation is 2. The summed E-state index contributed by atoms with van der Waals surface area (Å²) in [6.45, 7) is 7.37. The van der Waals surface area contributed by atoms with Crippen molar-refractivity contribution >= 4 is 17.5 Å². The lowest BCUT2D eigenvalue weighted by molar-refractivity contribution is 0.0945. The molecule has 2 aromatic heterocycles.